The molecule has 0 N–H and O–H groups in total. The molecule has 0 radical (unpaired) electrons. The van der Waals surface area contributed by atoms with Crippen molar-refractivity contribution in [1.82, 2.24) is 0 Å². The van der Waals surface area contributed by atoms with Crippen molar-refractivity contribution in [3.05, 3.63) is 0 Å². The topological polar surface area (TPSA) is 36.9 Å². The predicted octanol–water partition coefficient (Wildman–Crippen LogP) is 3.39. The fraction of sp³-hybridized carbons (Fsp3) is 1.00. The summed E-state index contributed by atoms with van der Waals surface area (Å²) in [6.07, 6.45) is 2.41. The van der Waals surface area contributed by atoms with Crippen molar-refractivity contribution < 1.29 is 18.9 Å². The molecule has 138 valence electrons. The van der Waals surface area contributed by atoms with Crippen LogP contribution >= 0.6 is 24.8 Å². The quantitative estimate of drug-likeness (QED) is 0.529. The van der Waals surface area contributed by atoms with Crippen molar-refractivity contribution in [3.63, 3.8) is 0 Å². The predicted molar refractivity (Wildman–Crippen MR) is 107 cm³/mol. The van der Waals surface area contributed by atoms with E-state index >= 15 is 0 Å². The fourth-order valence-corrected chi connectivity index (χ4v) is 16.0. The van der Waals surface area contributed by atoms with Crippen LogP contribution in [-0.2, 0) is 30.8 Å². The summed E-state index contributed by atoms with van der Waals surface area (Å²) >= 11 is 11.3. The Kier molecular flexibility index (Phi) is 4.20. The Balaban J connectivity index is 1.71. The first-order chi connectivity index (χ1) is 10.8. The maximum absolute atomic E-state index is 6.36. The standard InChI is InChI=1S/C16H29O4P2S2/c1-15(2)17-9-7-21(5,23)13(11(9)19-15)14-12-10(8-22(14,6)24)18-16(3,4)20-12/h9-14,23H,7-8H2,1-6H3/q+1/t9-,10-,11+,12+,13-,14-,21?,22-/m1/s1. The van der Waals surface area contributed by atoms with Gasteiger partial charge in [0.25, 0.3) is 0 Å². The fourth-order valence-electron chi connectivity index (χ4n) is 5.22. The molecular weight excluding hydrogens is 382 g/mol. The molecule has 4 nitrogen and oxygen atoms in total. The van der Waals surface area contributed by atoms with Crippen LogP contribution in [0.5, 0.6) is 0 Å². The molecule has 0 bridgehead atoms. The minimum absolute atomic E-state index is 0.0818. The van der Waals surface area contributed by atoms with Crippen molar-refractivity contribution in [2.45, 2.75) is 75.0 Å². The molecule has 4 fully saturated rings. The first kappa shape index (κ1) is 18.6. The van der Waals surface area contributed by atoms with E-state index in [0.29, 0.717) is 11.3 Å². The van der Waals surface area contributed by atoms with Gasteiger partial charge in [-0.25, -0.2) is 0 Å². The third-order valence-electron chi connectivity index (χ3n) is 5.83. The van der Waals surface area contributed by atoms with Gasteiger partial charge in [0.15, 0.2) is 11.6 Å². The Hall–Kier alpha value is 1.27. The lowest BCUT2D eigenvalue weighted by molar-refractivity contribution is -0.151. The van der Waals surface area contributed by atoms with E-state index in [1.54, 1.807) is 0 Å². The first-order valence-corrected chi connectivity index (χ1v) is 15.8. The van der Waals surface area contributed by atoms with E-state index in [9.17, 15) is 0 Å². The van der Waals surface area contributed by atoms with Crippen LogP contribution in [-0.4, -0.2) is 73.0 Å². The number of hydrogen-bond donors (Lipinski definition) is 1. The molecule has 1 unspecified atom stereocenters. The molecule has 4 saturated heterocycles. The van der Waals surface area contributed by atoms with Gasteiger partial charge in [0.1, 0.15) is 17.9 Å². The number of fused-ring (bicyclic) bond motifs is 2. The van der Waals surface area contributed by atoms with Gasteiger partial charge in [0, 0.05) is 18.4 Å². The molecular formula is C16H29O4P2S2+. The Bertz CT molecular complexity index is 609. The van der Waals surface area contributed by atoms with Crippen LogP contribution in [0.25, 0.3) is 0 Å². The van der Waals surface area contributed by atoms with Gasteiger partial charge in [0.2, 0.25) is 0 Å². The van der Waals surface area contributed by atoms with Crippen LogP contribution in [0.15, 0.2) is 0 Å². The largest absolute Gasteiger partial charge is 0.344 e. The second-order valence-electron chi connectivity index (χ2n) is 9.01. The molecule has 4 heterocycles. The van der Waals surface area contributed by atoms with E-state index in [1.165, 1.54) is 0 Å². The van der Waals surface area contributed by atoms with E-state index in [4.69, 9.17) is 43.0 Å². The van der Waals surface area contributed by atoms with Crippen LogP contribution in [0.2, 0.25) is 0 Å². The summed E-state index contributed by atoms with van der Waals surface area (Å²) < 4.78 is 25.1. The van der Waals surface area contributed by atoms with E-state index in [0.717, 1.165) is 12.3 Å². The molecule has 4 aliphatic heterocycles. The summed E-state index contributed by atoms with van der Waals surface area (Å²) in [5.41, 5.74) is 0.665. The van der Waals surface area contributed by atoms with Gasteiger partial charge in [-0.15, -0.1) is 0 Å². The summed E-state index contributed by atoms with van der Waals surface area (Å²) in [4.78, 5) is 0. The zero-order valence-corrected chi connectivity index (χ0v) is 18.8. The highest BCUT2D eigenvalue weighted by atomic mass is 32.7. The smallest absolute Gasteiger partial charge is 0.164 e. The monoisotopic (exact) mass is 411 g/mol. The van der Waals surface area contributed by atoms with Crippen LogP contribution in [0.4, 0.5) is 0 Å². The molecule has 0 aromatic carbocycles. The zero-order chi connectivity index (χ0) is 17.7. The van der Waals surface area contributed by atoms with Crippen molar-refractivity contribution >= 4 is 36.6 Å². The third-order valence-corrected chi connectivity index (χ3v) is 14.5. The Labute approximate surface area is 156 Å². The SMILES string of the molecule is CC1(C)O[C@@H]2[C@H]([C@H]3[C@H]4OC(C)(C)O[C@@H]4C[P+]3(C)S)[P@](C)(=S)C[C@H]2O1. The maximum Gasteiger partial charge on any atom is 0.164 e. The highest BCUT2D eigenvalue weighted by molar-refractivity contribution is 8.53. The molecule has 0 aromatic rings. The van der Waals surface area contributed by atoms with Crippen molar-refractivity contribution in [2.24, 2.45) is 0 Å². The van der Waals surface area contributed by atoms with Crippen molar-refractivity contribution in [2.75, 3.05) is 25.7 Å². The summed E-state index contributed by atoms with van der Waals surface area (Å²) in [6.45, 7) is 11.1. The van der Waals surface area contributed by atoms with Gasteiger partial charge in [-0.1, -0.05) is 11.8 Å². The number of rotatable bonds is 1. The van der Waals surface area contributed by atoms with E-state index in [-0.39, 0.29) is 24.4 Å². The summed E-state index contributed by atoms with van der Waals surface area (Å²) in [7, 11) is 0. The summed E-state index contributed by atoms with van der Waals surface area (Å²) in [5.74, 6) is -1.03. The summed E-state index contributed by atoms with van der Waals surface area (Å²) in [5, 5.41) is 0. The first-order valence-electron chi connectivity index (χ1n) is 8.67. The van der Waals surface area contributed by atoms with Gasteiger partial charge in [-0.05, 0) is 40.4 Å². The van der Waals surface area contributed by atoms with Crippen LogP contribution in [0, 0.1) is 0 Å². The lowest BCUT2D eigenvalue weighted by Gasteiger charge is -2.36. The van der Waals surface area contributed by atoms with E-state index < -0.39 is 24.1 Å². The van der Waals surface area contributed by atoms with Gasteiger partial charge in [-0.2, -0.15) is 0 Å². The Morgan fingerprint density at radius 1 is 1.00 bits per heavy atom. The molecule has 4 aliphatic rings. The molecule has 4 rings (SSSR count). The van der Waals surface area contributed by atoms with Crippen LogP contribution in [0.3, 0.4) is 0 Å². The molecule has 0 spiro atoms. The molecule has 0 saturated carbocycles. The zero-order valence-electron chi connectivity index (χ0n) is 15.3. The molecule has 0 amide bonds. The molecule has 8 heteroatoms. The third kappa shape index (κ3) is 2.88. The van der Waals surface area contributed by atoms with Crippen LogP contribution < -0.4 is 0 Å². The molecule has 8 atom stereocenters. The lowest BCUT2D eigenvalue weighted by Crippen LogP contribution is -2.43. The normalized spacial score (nSPS) is 58.0. The number of ether oxygens (including phenoxy) is 4. The van der Waals surface area contributed by atoms with Gasteiger partial charge < -0.3 is 18.9 Å². The van der Waals surface area contributed by atoms with E-state index in [2.05, 4.69) is 13.3 Å². The Morgan fingerprint density at radius 3 is 2.17 bits per heavy atom. The van der Waals surface area contributed by atoms with Gasteiger partial charge >= 0.3 is 0 Å². The van der Waals surface area contributed by atoms with Crippen LogP contribution in [0.1, 0.15) is 27.7 Å². The second kappa shape index (κ2) is 5.41. The van der Waals surface area contributed by atoms with Crippen molar-refractivity contribution in [3.8, 4) is 0 Å². The second-order valence-corrected chi connectivity index (χ2v) is 21.0. The van der Waals surface area contributed by atoms with Gasteiger partial charge in [0.05, 0.1) is 37.2 Å². The maximum atomic E-state index is 6.36. The minimum Gasteiger partial charge on any atom is -0.344 e. The average Bonchev–Trinajstić information content (AvgIpc) is 2.92. The Morgan fingerprint density at radius 2 is 1.54 bits per heavy atom. The molecule has 0 aromatic heterocycles. The number of thiol groups is 1. The highest BCUT2D eigenvalue weighted by Crippen LogP contribution is 2.78. The number of hydrogen-bond acceptors (Lipinski definition) is 6. The minimum atomic E-state index is -1.58. The van der Waals surface area contributed by atoms with E-state index in [1.807, 2.05) is 27.7 Å². The molecule has 24 heavy (non-hydrogen) atoms. The molecule has 0 aliphatic carbocycles. The highest BCUT2D eigenvalue weighted by Gasteiger charge is 2.70. The lowest BCUT2D eigenvalue weighted by atomic mass is 10.0. The summed E-state index contributed by atoms with van der Waals surface area (Å²) in [6, 6.07) is -1.58. The van der Waals surface area contributed by atoms with Crippen molar-refractivity contribution in [1.29, 1.82) is 0 Å². The van der Waals surface area contributed by atoms with Gasteiger partial charge in [-0.3, -0.25) is 0 Å². The average molecular weight is 411 g/mol.